The fourth-order valence-electron chi connectivity index (χ4n) is 3.23. The molecule has 2 saturated heterocycles. The van der Waals surface area contributed by atoms with Crippen LogP contribution in [-0.2, 0) is 0 Å². The Morgan fingerprint density at radius 1 is 1.30 bits per heavy atom. The van der Waals surface area contributed by atoms with Crippen molar-refractivity contribution < 1.29 is 4.79 Å². The standard InChI is InChI=1S/C14H18Br2N2OS/c15-10-8-12(20-13(10)16)14(19)18-6-3-9(4-7-18)11-2-1-5-17-11/h8-9,11,17H,1-7H2. The summed E-state index contributed by atoms with van der Waals surface area (Å²) in [5.74, 6) is 0.933. The molecule has 1 atom stereocenters. The van der Waals surface area contributed by atoms with E-state index in [0.29, 0.717) is 6.04 Å². The molecule has 1 N–H and O–H groups in total. The first-order valence-electron chi connectivity index (χ1n) is 7.12. The molecule has 1 aromatic rings. The molecule has 3 nitrogen and oxygen atoms in total. The second kappa shape index (κ2) is 6.46. The van der Waals surface area contributed by atoms with E-state index in [1.54, 1.807) is 0 Å². The van der Waals surface area contributed by atoms with Crippen molar-refractivity contribution in [2.75, 3.05) is 19.6 Å². The van der Waals surface area contributed by atoms with Gasteiger partial charge in [0.1, 0.15) is 0 Å². The van der Waals surface area contributed by atoms with Gasteiger partial charge in [0.05, 0.1) is 8.66 Å². The molecule has 0 aliphatic carbocycles. The molecule has 0 saturated carbocycles. The van der Waals surface area contributed by atoms with Gasteiger partial charge in [0.2, 0.25) is 0 Å². The van der Waals surface area contributed by atoms with Gasteiger partial charge >= 0.3 is 0 Å². The summed E-state index contributed by atoms with van der Waals surface area (Å²) in [6.07, 6.45) is 4.89. The lowest BCUT2D eigenvalue weighted by atomic mass is 9.88. The van der Waals surface area contributed by atoms with Gasteiger partial charge in [-0.25, -0.2) is 0 Å². The number of likely N-dealkylation sites (tertiary alicyclic amines) is 1. The zero-order valence-electron chi connectivity index (χ0n) is 11.2. The Morgan fingerprint density at radius 2 is 2.05 bits per heavy atom. The van der Waals surface area contributed by atoms with Gasteiger partial charge in [0, 0.05) is 23.6 Å². The summed E-state index contributed by atoms with van der Waals surface area (Å²) in [5.41, 5.74) is 0. The topological polar surface area (TPSA) is 32.3 Å². The number of hydrogen-bond acceptors (Lipinski definition) is 3. The van der Waals surface area contributed by atoms with E-state index in [0.717, 1.165) is 45.0 Å². The minimum atomic E-state index is 0.180. The van der Waals surface area contributed by atoms with E-state index in [-0.39, 0.29) is 5.91 Å². The maximum Gasteiger partial charge on any atom is 0.264 e. The fourth-order valence-corrected chi connectivity index (χ4v) is 5.23. The van der Waals surface area contributed by atoms with Crippen LogP contribution in [0.2, 0.25) is 0 Å². The quantitative estimate of drug-likeness (QED) is 0.785. The Labute approximate surface area is 140 Å². The van der Waals surface area contributed by atoms with E-state index in [2.05, 4.69) is 37.2 Å². The molecular weight excluding hydrogens is 404 g/mol. The lowest BCUT2D eigenvalue weighted by Gasteiger charge is -2.34. The zero-order chi connectivity index (χ0) is 14.1. The molecule has 0 radical (unpaired) electrons. The number of piperidine rings is 1. The second-order valence-corrected chi connectivity index (χ2v) is 8.79. The van der Waals surface area contributed by atoms with Crippen molar-refractivity contribution in [2.45, 2.75) is 31.7 Å². The van der Waals surface area contributed by atoms with Crippen LogP contribution in [0.3, 0.4) is 0 Å². The number of nitrogens with one attached hydrogen (secondary N) is 1. The first-order valence-corrected chi connectivity index (χ1v) is 9.53. The fraction of sp³-hybridized carbons (Fsp3) is 0.643. The Bertz CT molecular complexity index is 472. The van der Waals surface area contributed by atoms with E-state index in [4.69, 9.17) is 0 Å². The highest BCUT2D eigenvalue weighted by Crippen LogP contribution is 2.34. The Kier molecular flexibility index (Phi) is 4.85. The largest absolute Gasteiger partial charge is 0.338 e. The van der Waals surface area contributed by atoms with Gasteiger partial charge in [-0.2, -0.15) is 0 Å². The third-order valence-corrected chi connectivity index (χ3v) is 7.59. The highest BCUT2D eigenvalue weighted by Gasteiger charge is 2.30. The van der Waals surface area contributed by atoms with Gasteiger partial charge in [0.25, 0.3) is 5.91 Å². The number of amides is 1. The van der Waals surface area contributed by atoms with Crippen molar-refractivity contribution in [3.05, 3.63) is 19.2 Å². The monoisotopic (exact) mass is 420 g/mol. The summed E-state index contributed by atoms with van der Waals surface area (Å²) in [6.45, 7) is 2.96. The van der Waals surface area contributed by atoms with E-state index in [1.165, 1.54) is 30.7 Å². The molecule has 0 spiro atoms. The SMILES string of the molecule is O=C(c1cc(Br)c(Br)s1)N1CCC(C2CCCN2)CC1. The van der Waals surface area contributed by atoms with Crippen LogP contribution in [0.1, 0.15) is 35.4 Å². The summed E-state index contributed by atoms with van der Waals surface area (Å²) in [6, 6.07) is 2.61. The average Bonchev–Trinajstić information content (AvgIpc) is 3.09. The van der Waals surface area contributed by atoms with Crippen molar-refractivity contribution in [1.82, 2.24) is 10.2 Å². The van der Waals surface area contributed by atoms with Crippen molar-refractivity contribution in [1.29, 1.82) is 0 Å². The Morgan fingerprint density at radius 3 is 2.60 bits per heavy atom. The summed E-state index contributed by atoms with van der Waals surface area (Å²) in [7, 11) is 0. The van der Waals surface area contributed by atoms with Crippen LogP contribution in [0.15, 0.2) is 14.3 Å². The predicted octanol–water partition coefficient (Wildman–Crippen LogP) is 3.88. The molecule has 1 unspecified atom stereocenters. The smallest absolute Gasteiger partial charge is 0.264 e. The van der Waals surface area contributed by atoms with Gasteiger partial charge in [-0.15, -0.1) is 11.3 Å². The Hall–Kier alpha value is 0.0900. The first kappa shape index (κ1) is 15.0. The summed E-state index contributed by atoms with van der Waals surface area (Å²) >= 11 is 8.41. The van der Waals surface area contributed by atoms with Gasteiger partial charge in [-0.3, -0.25) is 4.79 Å². The molecule has 20 heavy (non-hydrogen) atoms. The summed E-state index contributed by atoms with van der Waals surface area (Å²) in [5, 5.41) is 3.60. The van der Waals surface area contributed by atoms with E-state index in [9.17, 15) is 4.79 Å². The number of thiophene rings is 1. The zero-order valence-corrected chi connectivity index (χ0v) is 15.2. The molecule has 6 heteroatoms. The molecule has 3 heterocycles. The van der Waals surface area contributed by atoms with Crippen LogP contribution < -0.4 is 5.32 Å². The molecule has 1 aromatic heterocycles. The molecule has 0 bridgehead atoms. The minimum absolute atomic E-state index is 0.180. The van der Waals surface area contributed by atoms with E-state index < -0.39 is 0 Å². The number of hydrogen-bond donors (Lipinski definition) is 1. The number of nitrogens with zero attached hydrogens (tertiary/aromatic N) is 1. The maximum atomic E-state index is 12.5. The van der Waals surface area contributed by atoms with Crippen LogP contribution in [0.5, 0.6) is 0 Å². The van der Waals surface area contributed by atoms with Crippen LogP contribution in [0.25, 0.3) is 0 Å². The second-order valence-electron chi connectivity index (χ2n) is 5.56. The molecule has 1 amide bonds. The van der Waals surface area contributed by atoms with Crippen molar-refractivity contribution in [3.63, 3.8) is 0 Å². The molecule has 3 rings (SSSR count). The molecule has 2 aliphatic rings. The van der Waals surface area contributed by atoms with Crippen LogP contribution in [0.4, 0.5) is 0 Å². The molecular formula is C14H18Br2N2OS. The molecule has 2 aliphatic heterocycles. The molecule has 110 valence electrons. The molecule has 0 aromatic carbocycles. The third kappa shape index (κ3) is 3.13. The van der Waals surface area contributed by atoms with E-state index in [1.807, 2.05) is 11.0 Å². The molecule has 2 fully saturated rings. The van der Waals surface area contributed by atoms with Crippen molar-refractivity contribution in [2.24, 2.45) is 5.92 Å². The highest BCUT2D eigenvalue weighted by atomic mass is 79.9. The first-order chi connectivity index (χ1) is 9.65. The van der Waals surface area contributed by atoms with Crippen molar-refractivity contribution >= 4 is 49.1 Å². The normalized spacial score (nSPS) is 24.3. The lowest BCUT2D eigenvalue weighted by Crippen LogP contribution is -2.43. The number of rotatable bonds is 2. The predicted molar refractivity (Wildman–Crippen MR) is 89.4 cm³/mol. The van der Waals surface area contributed by atoms with Crippen LogP contribution in [-0.4, -0.2) is 36.5 Å². The van der Waals surface area contributed by atoms with Gasteiger partial charge in [-0.1, -0.05) is 0 Å². The number of carbonyl (C=O) groups is 1. The van der Waals surface area contributed by atoms with E-state index >= 15 is 0 Å². The van der Waals surface area contributed by atoms with Gasteiger partial charge < -0.3 is 10.2 Å². The third-order valence-electron chi connectivity index (χ3n) is 4.35. The minimum Gasteiger partial charge on any atom is -0.338 e. The number of carbonyl (C=O) groups excluding carboxylic acids is 1. The van der Waals surface area contributed by atoms with Crippen molar-refractivity contribution in [3.8, 4) is 0 Å². The lowest BCUT2D eigenvalue weighted by molar-refractivity contribution is 0.0679. The maximum absolute atomic E-state index is 12.5. The van der Waals surface area contributed by atoms with Gasteiger partial charge in [0.15, 0.2) is 0 Å². The average molecular weight is 422 g/mol. The highest BCUT2D eigenvalue weighted by molar-refractivity contribution is 9.13. The van der Waals surface area contributed by atoms with Crippen LogP contribution in [0, 0.1) is 5.92 Å². The summed E-state index contributed by atoms with van der Waals surface area (Å²) < 4.78 is 1.96. The van der Waals surface area contributed by atoms with Gasteiger partial charge in [-0.05, 0) is 76.1 Å². The van der Waals surface area contributed by atoms with Crippen LogP contribution >= 0.6 is 43.2 Å². The Balaban J connectivity index is 1.58. The number of halogens is 2. The summed E-state index contributed by atoms with van der Waals surface area (Å²) in [4.78, 5) is 15.3.